The van der Waals surface area contributed by atoms with E-state index in [-0.39, 0.29) is 5.91 Å². The minimum Gasteiger partial charge on any atom is -0.339 e. The first-order valence-corrected chi connectivity index (χ1v) is 13.4. The summed E-state index contributed by atoms with van der Waals surface area (Å²) in [6.45, 7) is 8.34. The van der Waals surface area contributed by atoms with Gasteiger partial charge in [-0.2, -0.15) is 4.31 Å². The van der Waals surface area contributed by atoms with Gasteiger partial charge in [0.15, 0.2) is 0 Å². The topological polar surface area (TPSA) is 64.2 Å². The molecule has 34 heavy (non-hydrogen) atoms. The summed E-state index contributed by atoms with van der Waals surface area (Å²) in [6, 6.07) is 17.2. The van der Waals surface area contributed by atoms with Crippen LogP contribution in [-0.2, 0) is 14.8 Å². The zero-order valence-electron chi connectivity index (χ0n) is 19.8. The van der Waals surface area contributed by atoms with Crippen LogP contribution in [0.25, 0.3) is 6.08 Å². The molecule has 0 N–H and O–H groups in total. The van der Waals surface area contributed by atoms with E-state index in [1.165, 1.54) is 9.87 Å². The van der Waals surface area contributed by atoms with Crippen molar-refractivity contribution >= 4 is 22.0 Å². The molecule has 1 amide bonds. The molecule has 2 fully saturated rings. The number of carbonyl (C=O) groups is 1. The van der Waals surface area contributed by atoms with E-state index in [4.69, 9.17) is 0 Å². The molecule has 4 rings (SSSR count). The van der Waals surface area contributed by atoms with E-state index < -0.39 is 10.0 Å². The van der Waals surface area contributed by atoms with Crippen LogP contribution >= 0.6 is 0 Å². The molecule has 0 radical (unpaired) electrons. The first-order valence-electron chi connectivity index (χ1n) is 11.9. The molecule has 0 bridgehead atoms. The molecule has 2 aliphatic rings. The van der Waals surface area contributed by atoms with Crippen LogP contribution in [0, 0.1) is 6.92 Å². The highest BCUT2D eigenvalue weighted by Crippen LogP contribution is 2.18. The summed E-state index contributed by atoms with van der Waals surface area (Å²) in [7, 11) is -3.48. The highest BCUT2D eigenvalue weighted by Gasteiger charge is 2.30. The van der Waals surface area contributed by atoms with E-state index in [1.54, 1.807) is 12.1 Å². The lowest BCUT2D eigenvalue weighted by Gasteiger charge is -2.37. The molecule has 2 aromatic rings. The van der Waals surface area contributed by atoms with E-state index in [1.807, 2.05) is 42.2 Å². The summed E-state index contributed by atoms with van der Waals surface area (Å²) in [4.78, 5) is 19.5. The van der Waals surface area contributed by atoms with Crippen LogP contribution in [0.5, 0.6) is 0 Å². The molecule has 2 heterocycles. The Morgan fingerprint density at radius 3 is 2.09 bits per heavy atom. The van der Waals surface area contributed by atoms with Gasteiger partial charge in [0.05, 0.1) is 11.4 Å². The molecular weight excluding hydrogens is 448 g/mol. The second kappa shape index (κ2) is 11.3. The molecular formula is C26H34N4O3S. The zero-order valence-corrected chi connectivity index (χ0v) is 20.7. The van der Waals surface area contributed by atoms with Crippen LogP contribution < -0.4 is 0 Å². The fourth-order valence-electron chi connectivity index (χ4n) is 4.36. The number of nitrogens with zero attached hydrogens (tertiary/aromatic N) is 4. The van der Waals surface area contributed by atoms with Crippen molar-refractivity contribution in [2.24, 2.45) is 0 Å². The maximum Gasteiger partial charge on any atom is 0.243 e. The number of piperazine rings is 2. The van der Waals surface area contributed by atoms with Crippen molar-refractivity contribution in [3.63, 3.8) is 0 Å². The molecule has 0 spiro atoms. The smallest absolute Gasteiger partial charge is 0.243 e. The van der Waals surface area contributed by atoms with Crippen molar-refractivity contribution in [2.45, 2.75) is 11.8 Å². The molecule has 0 aliphatic carbocycles. The van der Waals surface area contributed by atoms with Crippen LogP contribution in [0.15, 0.2) is 65.6 Å². The first-order chi connectivity index (χ1) is 16.4. The second-order valence-electron chi connectivity index (χ2n) is 8.99. The van der Waals surface area contributed by atoms with Crippen LogP contribution in [0.4, 0.5) is 0 Å². The van der Waals surface area contributed by atoms with E-state index in [2.05, 4.69) is 34.1 Å². The van der Waals surface area contributed by atoms with Gasteiger partial charge in [-0.15, -0.1) is 0 Å². The lowest BCUT2D eigenvalue weighted by Crippen LogP contribution is -2.54. The predicted molar refractivity (Wildman–Crippen MR) is 135 cm³/mol. The Balaban J connectivity index is 1.19. The normalized spacial score (nSPS) is 19.0. The number of amides is 1. The van der Waals surface area contributed by atoms with Crippen LogP contribution in [0.2, 0.25) is 0 Å². The number of hydrogen-bond acceptors (Lipinski definition) is 5. The Labute approximate surface area is 203 Å². The standard InChI is InChI=1S/C26H34N4O3S/c1-23-9-11-25(12-10-23)34(32,33)30-20-16-28(17-21-30)22-26(31)29-18-14-27(15-19-29)13-5-8-24-6-3-2-4-7-24/h2-12H,13-22H2,1H3/b8-5+. The van der Waals surface area contributed by atoms with Gasteiger partial charge in [-0.25, -0.2) is 8.42 Å². The Morgan fingerprint density at radius 2 is 1.44 bits per heavy atom. The summed E-state index contributed by atoms with van der Waals surface area (Å²) >= 11 is 0. The fourth-order valence-corrected chi connectivity index (χ4v) is 5.78. The average molecular weight is 483 g/mol. The zero-order chi connectivity index (χ0) is 24.0. The molecule has 2 aliphatic heterocycles. The summed E-state index contributed by atoms with van der Waals surface area (Å²) < 4.78 is 27.3. The minimum atomic E-state index is -3.48. The van der Waals surface area contributed by atoms with E-state index in [0.717, 1.165) is 38.3 Å². The number of rotatable bonds is 7. The Bertz CT molecular complexity index is 1070. The van der Waals surface area contributed by atoms with Gasteiger partial charge in [-0.05, 0) is 24.6 Å². The molecule has 8 heteroatoms. The number of sulfonamides is 1. The van der Waals surface area contributed by atoms with Crippen molar-refractivity contribution < 1.29 is 13.2 Å². The largest absolute Gasteiger partial charge is 0.339 e. The van der Waals surface area contributed by atoms with Gasteiger partial charge in [-0.1, -0.05) is 60.2 Å². The maximum absolute atomic E-state index is 12.9. The molecule has 7 nitrogen and oxygen atoms in total. The molecule has 0 unspecified atom stereocenters. The first kappa shape index (κ1) is 24.6. The molecule has 2 saturated heterocycles. The Kier molecular flexibility index (Phi) is 8.15. The average Bonchev–Trinajstić information content (AvgIpc) is 2.86. The third-order valence-corrected chi connectivity index (χ3v) is 8.46. The molecule has 0 atom stereocenters. The molecule has 0 aromatic heterocycles. The predicted octanol–water partition coefficient (Wildman–Crippen LogP) is 2.16. The van der Waals surface area contributed by atoms with Crippen molar-refractivity contribution in [2.75, 3.05) is 65.4 Å². The van der Waals surface area contributed by atoms with Gasteiger partial charge in [0.1, 0.15) is 0 Å². The number of hydrogen-bond donors (Lipinski definition) is 0. The maximum atomic E-state index is 12.9. The molecule has 182 valence electrons. The summed E-state index contributed by atoms with van der Waals surface area (Å²) in [6.07, 6.45) is 4.31. The quantitative estimate of drug-likeness (QED) is 0.605. The SMILES string of the molecule is Cc1ccc(S(=O)(=O)N2CCN(CC(=O)N3CCN(C/C=C/c4ccccc4)CC3)CC2)cc1. The lowest BCUT2D eigenvalue weighted by atomic mass is 10.2. The molecule has 0 saturated carbocycles. The van der Waals surface area contributed by atoms with E-state index in [0.29, 0.717) is 37.6 Å². The van der Waals surface area contributed by atoms with Crippen molar-refractivity contribution in [3.05, 3.63) is 71.8 Å². The Morgan fingerprint density at radius 1 is 0.824 bits per heavy atom. The van der Waals surface area contributed by atoms with Crippen molar-refractivity contribution in [1.29, 1.82) is 0 Å². The van der Waals surface area contributed by atoms with Gasteiger partial charge in [0.2, 0.25) is 15.9 Å². The van der Waals surface area contributed by atoms with Crippen LogP contribution in [0.3, 0.4) is 0 Å². The summed E-state index contributed by atoms with van der Waals surface area (Å²) in [5, 5.41) is 0. The third kappa shape index (κ3) is 6.33. The third-order valence-electron chi connectivity index (χ3n) is 6.55. The highest BCUT2D eigenvalue weighted by molar-refractivity contribution is 7.89. The second-order valence-corrected chi connectivity index (χ2v) is 10.9. The van der Waals surface area contributed by atoms with Gasteiger partial charge in [0, 0.05) is 58.9 Å². The van der Waals surface area contributed by atoms with E-state index in [9.17, 15) is 13.2 Å². The van der Waals surface area contributed by atoms with Crippen LogP contribution in [-0.4, -0.2) is 98.8 Å². The molecule has 2 aromatic carbocycles. The minimum absolute atomic E-state index is 0.134. The fraction of sp³-hybridized carbons (Fsp3) is 0.423. The van der Waals surface area contributed by atoms with E-state index >= 15 is 0 Å². The number of carbonyl (C=O) groups excluding carboxylic acids is 1. The number of aryl methyl sites for hydroxylation is 1. The summed E-state index contributed by atoms with van der Waals surface area (Å²) in [5.41, 5.74) is 2.23. The van der Waals surface area contributed by atoms with Crippen molar-refractivity contribution in [3.8, 4) is 0 Å². The highest BCUT2D eigenvalue weighted by atomic mass is 32.2. The number of benzene rings is 2. The summed E-state index contributed by atoms with van der Waals surface area (Å²) in [5.74, 6) is 0.134. The van der Waals surface area contributed by atoms with Gasteiger partial charge >= 0.3 is 0 Å². The lowest BCUT2D eigenvalue weighted by molar-refractivity contribution is -0.134. The van der Waals surface area contributed by atoms with Gasteiger partial charge < -0.3 is 4.90 Å². The van der Waals surface area contributed by atoms with Gasteiger partial charge in [0.25, 0.3) is 0 Å². The monoisotopic (exact) mass is 482 g/mol. The van der Waals surface area contributed by atoms with Gasteiger partial charge in [-0.3, -0.25) is 14.6 Å². The van der Waals surface area contributed by atoms with Crippen LogP contribution in [0.1, 0.15) is 11.1 Å². The van der Waals surface area contributed by atoms with Crippen molar-refractivity contribution in [1.82, 2.24) is 19.0 Å². The Hall–Kier alpha value is -2.52.